The molecule has 0 aromatic carbocycles. The lowest BCUT2D eigenvalue weighted by Crippen LogP contribution is -2.52. The van der Waals surface area contributed by atoms with E-state index in [4.69, 9.17) is 23.8 Å². The first-order valence-corrected chi connectivity index (χ1v) is 8.69. The molecule has 1 rings (SSSR count). The third-order valence-corrected chi connectivity index (χ3v) is 3.70. The van der Waals surface area contributed by atoms with Crippen LogP contribution in [0.15, 0.2) is 0 Å². The average Bonchev–Trinajstić information content (AvgIpc) is 3.01. The first-order valence-electron chi connectivity index (χ1n) is 8.69. The maximum Gasteiger partial charge on any atom is 0.404 e. The lowest BCUT2D eigenvalue weighted by molar-refractivity contribution is -0.742. The molecule has 0 spiro atoms. The Morgan fingerprint density at radius 3 is 2.03 bits per heavy atom. The Kier molecular flexibility index (Phi) is 9.02. The van der Waals surface area contributed by atoms with E-state index in [1.54, 1.807) is 0 Å². The Morgan fingerprint density at radius 2 is 1.57 bits per heavy atom. The Morgan fingerprint density at radius 1 is 1.00 bits per heavy atom. The van der Waals surface area contributed by atoms with Crippen LogP contribution < -0.4 is 0 Å². The van der Waals surface area contributed by atoms with Gasteiger partial charge in [0.15, 0.2) is 18.3 Å². The highest BCUT2D eigenvalue weighted by Crippen LogP contribution is 2.25. The second-order valence-electron chi connectivity index (χ2n) is 6.14. The van der Waals surface area contributed by atoms with Crippen molar-refractivity contribution in [3.63, 3.8) is 0 Å². The zero-order valence-corrected chi connectivity index (χ0v) is 17.1. The first-order chi connectivity index (χ1) is 14.0. The predicted molar refractivity (Wildman–Crippen MR) is 93.4 cm³/mol. The van der Waals surface area contributed by atoms with Crippen molar-refractivity contribution in [1.29, 1.82) is 0 Å². The fourth-order valence-electron chi connectivity index (χ4n) is 2.64. The molecular formula is C17H23NO12. The molecule has 0 aromatic heterocycles. The largest absolute Gasteiger partial charge is 0.462 e. The monoisotopic (exact) mass is 433 g/mol. The maximum atomic E-state index is 11.9. The fraction of sp³-hybridized carbons (Fsp3) is 0.647. The Bertz CT molecular complexity index is 730. The minimum atomic E-state index is -1.54. The van der Waals surface area contributed by atoms with Crippen LogP contribution in [0.25, 0.3) is 0 Å². The fourth-order valence-corrected chi connectivity index (χ4v) is 2.64. The third kappa shape index (κ3) is 7.22. The molecule has 1 aliphatic rings. The molecule has 0 radical (unpaired) electrons. The minimum absolute atomic E-state index is 0.106. The molecule has 0 aliphatic carbocycles. The standard InChI is InChI=1S/C17H23NO12/c1-8(19)26-7-14(27-9(2)20)16(29-11(4)22)15(28-10(3)21)13-6-12(17(23)25-5)18(24)30-13/h13-16H,6-7H2,1-5H3/t13?,14-,15-,16-/m1/s1. The van der Waals surface area contributed by atoms with Crippen LogP contribution in [0.4, 0.5) is 0 Å². The zero-order chi connectivity index (χ0) is 23.0. The number of rotatable bonds is 9. The van der Waals surface area contributed by atoms with Crippen molar-refractivity contribution < 1.29 is 57.4 Å². The number of ether oxygens (including phenoxy) is 5. The van der Waals surface area contributed by atoms with Crippen molar-refractivity contribution in [3.05, 3.63) is 5.21 Å². The minimum Gasteiger partial charge on any atom is -0.462 e. The topological polar surface area (TPSA) is 167 Å². The van der Waals surface area contributed by atoms with E-state index in [-0.39, 0.29) is 11.3 Å². The molecule has 1 unspecified atom stereocenters. The van der Waals surface area contributed by atoms with Gasteiger partial charge in [-0.1, -0.05) is 0 Å². The molecule has 13 nitrogen and oxygen atoms in total. The molecule has 0 aromatic rings. The van der Waals surface area contributed by atoms with Gasteiger partial charge in [-0.25, -0.2) is 4.79 Å². The van der Waals surface area contributed by atoms with Crippen molar-refractivity contribution in [2.45, 2.75) is 58.5 Å². The first kappa shape index (κ1) is 24.7. The van der Waals surface area contributed by atoms with Crippen LogP contribution >= 0.6 is 0 Å². The van der Waals surface area contributed by atoms with Gasteiger partial charge in [-0.2, -0.15) is 0 Å². The van der Waals surface area contributed by atoms with Gasteiger partial charge in [0.05, 0.1) is 13.5 Å². The Balaban J connectivity index is 3.28. The smallest absolute Gasteiger partial charge is 0.404 e. The van der Waals surface area contributed by atoms with Gasteiger partial charge in [-0.15, -0.1) is 0 Å². The molecule has 168 valence electrons. The van der Waals surface area contributed by atoms with Crippen LogP contribution in [0.3, 0.4) is 0 Å². The summed E-state index contributed by atoms with van der Waals surface area (Å²) in [6, 6.07) is 0. The maximum absolute atomic E-state index is 11.9. The molecule has 0 saturated heterocycles. The van der Waals surface area contributed by atoms with Gasteiger partial charge in [-0.3, -0.25) is 24.4 Å². The van der Waals surface area contributed by atoms with E-state index in [2.05, 4.69) is 4.74 Å². The second-order valence-corrected chi connectivity index (χ2v) is 6.14. The second kappa shape index (κ2) is 11.0. The number of hydrogen-bond acceptors (Lipinski definition) is 12. The summed E-state index contributed by atoms with van der Waals surface area (Å²) in [5.41, 5.74) is -0.426. The lowest BCUT2D eigenvalue weighted by atomic mass is 9.98. The predicted octanol–water partition coefficient (Wildman–Crippen LogP) is -0.827. The van der Waals surface area contributed by atoms with E-state index in [0.29, 0.717) is 0 Å². The van der Waals surface area contributed by atoms with E-state index in [1.807, 2.05) is 0 Å². The highest BCUT2D eigenvalue weighted by atomic mass is 16.9. The number of hydrogen-bond donors (Lipinski definition) is 0. The van der Waals surface area contributed by atoms with E-state index < -0.39 is 66.6 Å². The van der Waals surface area contributed by atoms with E-state index >= 15 is 0 Å². The van der Waals surface area contributed by atoms with Gasteiger partial charge in [0.2, 0.25) is 0 Å². The molecule has 0 amide bonds. The molecule has 0 fully saturated rings. The molecule has 13 heteroatoms. The average molecular weight is 433 g/mol. The van der Waals surface area contributed by atoms with Gasteiger partial charge in [-0.05, 0) is 0 Å². The van der Waals surface area contributed by atoms with Crippen LogP contribution in [0.2, 0.25) is 0 Å². The van der Waals surface area contributed by atoms with Crippen molar-refractivity contribution in [3.8, 4) is 0 Å². The van der Waals surface area contributed by atoms with Crippen LogP contribution in [-0.4, -0.2) is 78.6 Å². The summed E-state index contributed by atoms with van der Waals surface area (Å²) in [6.45, 7) is 3.69. The molecule has 1 heterocycles. The van der Waals surface area contributed by atoms with E-state index in [0.717, 1.165) is 34.8 Å². The van der Waals surface area contributed by atoms with Crippen LogP contribution in [-0.2, 0) is 52.5 Å². The number of carbonyl (C=O) groups excluding carboxylic acids is 5. The SMILES string of the molecule is COC(=O)C1=[N+]([O-])OC([C@@H](OC(C)=O)[C@H](OC(C)=O)[C@@H](COC(C)=O)OC(C)=O)C1. The van der Waals surface area contributed by atoms with Gasteiger partial charge >= 0.3 is 35.6 Å². The van der Waals surface area contributed by atoms with Gasteiger partial charge in [0.25, 0.3) is 0 Å². The van der Waals surface area contributed by atoms with E-state index in [1.165, 1.54) is 0 Å². The normalized spacial score (nSPS) is 18.4. The molecule has 0 bridgehead atoms. The van der Waals surface area contributed by atoms with Gasteiger partial charge in [0, 0.05) is 32.6 Å². The van der Waals surface area contributed by atoms with Crippen molar-refractivity contribution in [2.75, 3.05) is 13.7 Å². The van der Waals surface area contributed by atoms with Crippen LogP contribution in [0.5, 0.6) is 0 Å². The van der Waals surface area contributed by atoms with Crippen LogP contribution in [0, 0.1) is 5.21 Å². The molecular weight excluding hydrogens is 410 g/mol. The summed E-state index contributed by atoms with van der Waals surface area (Å²) in [7, 11) is 1.05. The summed E-state index contributed by atoms with van der Waals surface area (Å²) < 4.78 is 24.7. The zero-order valence-electron chi connectivity index (χ0n) is 17.1. The summed E-state index contributed by atoms with van der Waals surface area (Å²) in [6.07, 6.45) is -6.13. The van der Waals surface area contributed by atoms with Crippen LogP contribution in [0.1, 0.15) is 34.1 Å². The van der Waals surface area contributed by atoms with Gasteiger partial charge < -0.3 is 28.5 Å². The Labute approximate surface area is 171 Å². The highest BCUT2D eigenvalue weighted by molar-refractivity contribution is 6.34. The number of esters is 5. The highest BCUT2D eigenvalue weighted by Gasteiger charge is 2.47. The van der Waals surface area contributed by atoms with Crippen molar-refractivity contribution >= 4 is 35.6 Å². The molecule has 4 atom stereocenters. The summed E-state index contributed by atoms with van der Waals surface area (Å²) >= 11 is 0. The lowest BCUT2D eigenvalue weighted by Gasteiger charge is -2.34. The molecule has 0 N–H and O–H groups in total. The summed E-state index contributed by atoms with van der Waals surface area (Å²) in [5, 5.41) is 11.9. The molecule has 30 heavy (non-hydrogen) atoms. The molecule has 0 saturated carbocycles. The molecule has 1 aliphatic heterocycles. The quantitative estimate of drug-likeness (QED) is 0.252. The van der Waals surface area contributed by atoms with E-state index in [9.17, 15) is 29.2 Å². The van der Waals surface area contributed by atoms with Crippen molar-refractivity contribution in [2.24, 2.45) is 0 Å². The van der Waals surface area contributed by atoms with Gasteiger partial charge in [0.1, 0.15) is 12.7 Å². The van der Waals surface area contributed by atoms with Crippen molar-refractivity contribution in [1.82, 2.24) is 0 Å². The third-order valence-electron chi connectivity index (χ3n) is 3.70. The summed E-state index contributed by atoms with van der Waals surface area (Å²) in [5.74, 6) is -4.22. The Hall–Kier alpha value is -3.38. The number of carbonyl (C=O) groups is 5. The number of nitrogens with zero attached hydrogens (tertiary/aromatic N) is 1. The number of methoxy groups -OCH3 is 1. The summed E-state index contributed by atoms with van der Waals surface area (Å²) in [4.78, 5) is 62.7.